The molecule has 0 bridgehead atoms. The third-order valence-electron chi connectivity index (χ3n) is 2.96. The van der Waals surface area contributed by atoms with Crippen molar-refractivity contribution in [2.24, 2.45) is 0 Å². The number of anilines is 1. The number of halogens is 2. The van der Waals surface area contributed by atoms with Crippen molar-refractivity contribution < 1.29 is 23.4 Å². The lowest BCUT2D eigenvalue weighted by Gasteiger charge is -2.09. The van der Waals surface area contributed by atoms with Gasteiger partial charge in [0.1, 0.15) is 23.9 Å². The lowest BCUT2D eigenvalue weighted by molar-refractivity contribution is -0.118. The summed E-state index contributed by atoms with van der Waals surface area (Å²) in [6, 6.07) is 10.8. The van der Waals surface area contributed by atoms with Crippen LogP contribution in [0.2, 0.25) is 5.02 Å². The Morgan fingerprint density at radius 3 is 2.46 bits per heavy atom. The van der Waals surface area contributed by atoms with Crippen molar-refractivity contribution in [3.63, 3.8) is 0 Å². The highest BCUT2D eigenvalue weighted by atomic mass is 35.5. The van der Waals surface area contributed by atoms with Crippen molar-refractivity contribution in [3.8, 4) is 11.5 Å². The third-order valence-corrected chi connectivity index (χ3v) is 3.24. The average molecular weight is 354 g/mol. The molecule has 0 aliphatic carbocycles. The van der Waals surface area contributed by atoms with Gasteiger partial charge in [0.05, 0.1) is 11.6 Å². The molecule has 2 aromatic carbocycles. The smallest absolute Gasteiger partial charge is 0.262 e. The van der Waals surface area contributed by atoms with Gasteiger partial charge in [0.15, 0.2) is 6.61 Å². The summed E-state index contributed by atoms with van der Waals surface area (Å²) in [5.74, 6) is 0.116. The minimum atomic E-state index is -0.540. The highest BCUT2D eigenvalue weighted by Gasteiger charge is 2.06. The molecule has 7 heteroatoms. The fraction of sp³-hybridized carbons (Fsp3) is 0.235. The van der Waals surface area contributed by atoms with Gasteiger partial charge in [0, 0.05) is 18.9 Å². The predicted molar refractivity (Wildman–Crippen MR) is 89.3 cm³/mol. The van der Waals surface area contributed by atoms with Crippen LogP contribution in [0.5, 0.6) is 11.5 Å². The predicted octanol–water partition coefficient (Wildman–Crippen LogP) is 3.52. The number of hydrogen-bond acceptors (Lipinski definition) is 4. The molecule has 1 N–H and O–H groups in total. The Balaban J connectivity index is 1.80. The van der Waals surface area contributed by atoms with Gasteiger partial charge in [-0.15, -0.1) is 0 Å². The number of hydrogen-bond donors (Lipinski definition) is 1. The Hall–Kier alpha value is -2.31. The van der Waals surface area contributed by atoms with Crippen LogP contribution in [0.4, 0.5) is 10.1 Å². The van der Waals surface area contributed by atoms with Crippen LogP contribution in [0.25, 0.3) is 0 Å². The van der Waals surface area contributed by atoms with Crippen molar-refractivity contribution in [2.75, 3.05) is 32.2 Å². The molecule has 0 saturated heterocycles. The molecule has 5 nitrogen and oxygen atoms in total. The maximum absolute atomic E-state index is 13.0. The van der Waals surface area contributed by atoms with E-state index < -0.39 is 5.82 Å². The van der Waals surface area contributed by atoms with Crippen molar-refractivity contribution in [3.05, 3.63) is 53.3 Å². The maximum Gasteiger partial charge on any atom is 0.262 e. The van der Waals surface area contributed by atoms with Crippen molar-refractivity contribution in [1.82, 2.24) is 0 Å². The topological polar surface area (TPSA) is 56.8 Å². The van der Waals surface area contributed by atoms with Gasteiger partial charge in [-0.2, -0.15) is 0 Å². The van der Waals surface area contributed by atoms with Gasteiger partial charge in [-0.3, -0.25) is 4.79 Å². The molecule has 0 spiro atoms. The Labute approximate surface area is 144 Å². The number of benzene rings is 2. The molecule has 0 atom stereocenters. The Bertz CT molecular complexity index is 679. The Morgan fingerprint density at radius 1 is 1.08 bits per heavy atom. The Morgan fingerprint density at radius 2 is 1.79 bits per heavy atom. The minimum absolute atomic E-state index is 0.0584. The van der Waals surface area contributed by atoms with Gasteiger partial charge >= 0.3 is 0 Å². The van der Waals surface area contributed by atoms with E-state index in [1.807, 2.05) is 0 Å². The van der Waals surface area contributed by atoms with E-state index >= 15 is 0 Å². The van der Waals surface area contributed by atoms with Gasteiger partial charge in [0.25, 0.3) is 5.91 Å². The van der Waals surface area contributed by atoms with Crippen LogP contribution in [0.1, 0.15) is 0 Å². The number of ether oxygens (including phenoxy) is 3. The van der Waals surface area contributed by atoms with E-state index in [1.165, 1.54) is 18.2 Å². The van der Waals surface area contributed by atoms with Gasteiger partial charge in [-0.05, 0) is 36.4 Å². The molecule has 2 rings (SSSR count). The van der Waals surface area contributed by atoms with E-state index in [0.717, 1.165) is 0 Å². The highest BCUT2D eigenvalue weighted by Crippen LogP contribution is 2.21. The summed E-state index contributed by atoms with van der Waals surface area (Å²) in [5, 5.41) is 2.62. The number of carbonyl (C=O) groups is 1. The first kappa shape index (κ1) is 18.0. The van der Waals surface area contributed by atoms with Crippen LogP contribution in [0.3, 0.4) is 0 Å². The average Bonchev–Trinajstić information content (AvgIpc) is 2.58. The number of methoxy groups -OCH3 is 1. The number of rotatable bonds is 8. The molecule has 24 heavy (non-hydrogen) atoms. The summed E-state index contributed by atoms with van der Waals surface area (Å²) in [4.78, 5) is 11.8. The van der Waals surface area contributed by atoms with Gasteiger partial charge < -0.3 is 19.5 Å². The largest absolute Gasteiger partial charge is 0.491 e. The first-order chi connectivity index (χ1) is 11.6. The third kappa shape index (κ3) is 5.72. The van der Waals surface area contributed by atoms with E-state index in [0.29, 0.717) is 30.4 Å². The molecule has 0 aliphatic heterocycles. The second-order valence-electron chi connectivity index (χ2n) is 4.78. The van der Waals surface area contributed by atoms with Crippen LogP contribution in [-0.2, 0) is 9.53 Å². The highest BCUT2D eigenvalue weighted by molar-refractivity contribution is 6.30. The first-order valence-corrected chi connectivity index (χ1v) is 7.56. The molecule has 0 unspecified atom stereocenters. The summed E-state index contributed by atoms with van der Waals surface area (Å²) < 4.78 is 28.6. The van der Waals surface area contributed by atoms with Crippen LogP contribution in [0, 0.1) is 5.82 Å². The minimum Gasteiger partial charge on any atom is -0.491 e. The lowest BCUT2D eigenvalue weighted by Crippen LogP contribution is -2.20. The standard InChI is InChI=1S/C17H17ClFNO4/c1-22-8-9-23-13-4-2-12(3-5-13)20-17(21)11-24-14-6-7-16(19)15(18)10-14/h2-7,10H,8-9,11H2,1H3,(H,20,21). The van der Waals surface area contributed by atoms with Gasteiger partial charge in [0.2, 0.25) is 0 Å². The summed E-state index contributed by atoms with van der Waals surface area (Å²) in [5.41, 5.74) is 0.611. The molecular weight excluding hydrogens is 337 g/mol. The second kappa shape index (κ2) is 9.10. The molecule has 0 radical (unpaired) electrons. The summed E-state index contributed by atoms with van der Waals surface area (Å²) >= 11 is 5.64. The molecule has 0 fully saturated rings. The fourth-order valence-electron chi connectivity index (χ4n) is 1.79. The molecule has 1 amide bonds. The second-order valence-corrected chi connectivity index (χ2v) is 5.19. The van der Waals surface area contributed by atoms with Crippen LogP contribution in [0.15, 0.2) is 42.5 Å². The lowest BCUT2D eigenvalue weighted by atomic mass is 10.3. The molecule has 0 aromatic heterocycles. The SMILES string of the molecule is COCCOc1ccc(NC(=O)COc2ccc(F)c(Cl)c2)cc1. The van der Waals surface area contributed by atoms with Crippen LogP contribution >= 0.6 is 11.6 Å². The van der Waals surface area contributed by atoms with Gasteiger partial charge in [-0.1, -0.05) is 11.6 Å². The van der Waals surface area contributed by atoms with Crippen molar-refractivity contribution in [1.29, 1.82) is 0 Å². The van der Waals surface area contributed by atoms with E-state index in [9.17, 15) is 9.18 Å². The zero-order chi connectivity index (χ0) is 17.4. The summed E-state index contributed by atoms with van der Waals surface area (Å²) in [6.07, 6.45) is 0. The monoisotopic (exact) mass is 353 g/mol. The van der Waals surface area contributed by atoms with Crippen molar-refractivity contribution >= 4 is 23.2 Å². The van der Waals surface area contributed by atoms with Crippen molar-refractivity contribution in [2.45, 2.75) is 0 Å². The van der Waals surface area contributed by atoms with E-state index in [1.54, 1.807) is 31.4 Å². The zero-order valence-corrected chi connectivity index (χ0v) is 13.8. The van der Waals surface area contributed by atoms with E-state index in [4.69, 9.17) is 25.8 Å². The number of nitrogens with one attached hydrogen (secondary N) is 1. The molecule has 0 heterocycles. The Kier molecular flexibility index (Phi) is 6.84. The first-order valence-electron chi connectivity index (χ1n) is 7.18. The van der Waals surface area contributed by atoms with Crippen LogP contribution in [-0.4, -0.2) is 32.8 Å². The summed E-state index contributed by atoms with van der Waals surface area (Å²) in [7, 11) is 1.60. The van der Waals surface area contributed by atoms with Gasteiger partial charge in [-0.25, -0.2) is 4.39 Å². The molecular formula is C17H17ClFNO4. The molecule has 0 aliphatic rings. The fourth-order valence-corrected chi connectivity index (χ4v) is 1.96. The normalized spacial score (nSPS) is 10.3. The summed E-state index contributed by atoms with van der Waals surface area (Å²) in [6.45, 7) is 0.744. The number of amides is 1. The number of carbonyl (C=O) groups excluding carboxylic acids is 1. The molecule has 128 valence electrons. The van der Waals surface area contributed by atoms with E-state index in [2.05, 4.69) is 5.32 Å². The maximum atomic E-state index is 13.0. The molecule has 0 saturated carbocycles. The van der Waals surface area contributed by atoms with Crippen LogP contribution < -0.4 is 14.8 Å². The quantitative estimate of drug-likeness (QED) is 0.738. The van der Waals surface area contributed by atoms with E-state index in [-0.39, 0.29) is 17.5 Å². The zero-order valence-electron chi connectivity index (χ0n) is 13.1. The molecule has 2 aromatic rings.